The van der Waals surface area contributed by atoms with E-state index in [1.165, 1.54) is 0 Å². The fourth-order valence-corrected chi connectivity index (χ4v) is 2.59. The average molecular weight is 392 g/mol. The second-order valence-electron chi connectivity index (χ2n) is 6.06. The number of aliphatic hydroxyl groups is 1. The lowest BCUT2D eigenvalue weighted by Gasteiger charge is -2.08. The minimum absolute atomic E-state index is 0.192. The second kappa shape index (κ2) is 8.97. The Morgan fingerprint density at radius 1 is 0.964 bits per heavy atom. The van der Waals surface area contributed by atoms with Gasteiger partial charge in [-0.25, -0.2) is 0 Å². The molecule has 6 heteroatoms. The summed E-state index contributed by atoms with van der Waals surface area (Å²) in [7, 11) is 0. The first-order valence-electron chi connectivity index (χ1n) is 8.57. The van der Waals surface area contributed by atoms with Gasteiger partial charge in [0.05, 0.1) is 5.69 Å². The van der Waals surface area contributed by atoms with Crippen LogP contribution in [0.5, 0.6) is 0 Å². The standard InChI is InChI=1S/C22H18ClN3O2/c1-15-6-5-9-19(14-15)24-22(28)20(21(27)16-7-3-2-4-8-16)26-25-18-12-10-17(23)11-13-18/h2-14,27H,1H3,(H,24,28)/b21-20+,26-25?. The zero-order chi connectivity index (χ0) is 19.9. The highest BCUT2D eigenvalue weighted by atomic mass is 35.5. The maximum absolute atomic E-state index is 12.8. The molecule has 28 heavy (non-hydrogen) atoms. The Morgan fingerprint density at radius 2 is 1.68 bits per heavy atom. The Bertz CT molecular complexity index is 1030. The Hall–Kier alpha value is -3.44. The van der Waals surface area contributed by atoms with Crippen molar-refractivity contribution in [2.45, 2.75) is 6.92 Å². The highest BCUT2D eigenvalue weighted by Crippen LogP contribution is 2.22. The third kappa shape index (κ3) is 5.05. The number of benzene rings is 3. The lowest BCUT2D eigenvalue weighted by atomic mass is 10.1. The van der Waals surface area contributed by atoms with E-state index in [9.17, 15) is 9.90 Å². The largest absolute Gasteiger partial charge is 0.505 e. The molecular formula is C22H18ClN3O2. The highest BCUT2D eigenvalue weighted by Gasteiger charge is 2.17. The van der Waals surface area contributed by atoms with Gasteiger partial charge in [-0.15, -0.1) is 5.11 Å². The van der Waals surface area contributed by atoms with Gasteiger partial charge in [0, 0.05) is 16.3 Å². The van der Waals surface area contributed by atoms with Gasteiger partial charge in [0.2, 0.25) is 0 Å². The Morgan fingerprint density at radius 3 is 2.36 bits per heavy atom. The predicted molar refractivity (Wildman–Crippen MR) is 112 cm³/mol. The molecule has 0 saturated heterocycles. The minimum Gasteiger partial charge on any atom is -0.505 e. The van der Waals surface area contributed by atoms with Gasteiger partial charge in [0.15, 0.2) is 11.5 Å². The number of rotatable bonds is 5. The van der Waals surface area contributed by atoms with Crippen molar-refractivity contribution in [3.05, 3.63) is 101 Å². The Labute approximate surface area is 168 Å². The van der Waals surface area contributed by atoms with E-state index in [1.54, 1.807) is 54.6 Å². The van der Waals surface area contributed by atoms with Crippen LogP contribution in [0.2, 0.25) is 5.02 Å². The van der Waals surface area contributed by atoms with Crippen LogP contribution in [-0.2, 0) is 4.79 Å². The van der Waals surface area contributed by atoms with Crippen LogP contribution in [0.4, 0.5) is 11.4 Å². The third-order valence-corrected chi connectivity index (χ3v) is 4.11. The Kier molecular flexibility index (Phi) is 6.19. The minimum atomic E-state index is -0.565. The van der Waals surface area contributed by atoms with E-state index < -0.39 is 5.91 Å². The molecule has 0 bridgehead atoms. The molecule has 0 radical (unpaired) electrons. The van der Waals surface area contributed by atoms with E-state index >= 15 is 0 Å². The lowest BCUT2D eigenvalue weighted by Crippen LogP contribution is -2.15. The zero-order valence-electron chi connectivity index (χ0n) is 15.1. The number of nitrogens with zero attached hydrogens (tertiary/aromatic N) is 2. The highest BCUT2D eigenvalue weighted by molar-refractivity contribution is 6.30. The molecule has 0 aliphatic carbocycles. The maximum Gasteiger partial charge on any atom is 0.280 e. The molecule has 3 rings (SSSR count). The zero-order valence-corrected chi connectivity index (χ0v) is 15.9. The lowest BCUT2D eigenvalue weighted by molar-refractivity contribution is -0.112. The number of hydrogen-bond donors (Lipinski definition) is 2. The number of carbonyl (C=O) groups excluding carboxylic acids is 1. The van der Waals surface area contributed by atoms with E-state index in [1.807, 2.05) is 31.2 Å². The van der Waals surface area contributed by atoms with Gasteiger partial charge in [-0.05, 0) is 48.9 Å². The molecular weight excluding hydrogens is 374 g/mol. The first kappa shape index (κ1) is 19.3. The maximum atomic E-state index is 12.8. The van der Waals surface area contributed by atoms with E-state index in [0.717, 1.165) is 5.56 Å². The summed E-state index contributed by atoms with van der Waals surface area (Å²) in [6, 6.07) is 22.7. The van der Waals surface area contributed by atoms with Crippen molar-refractivity contribution < 1.29 is 9.90 Å². The van der Waals surface area contributed by atoms with Crippen LogP contribution >= 0.6 is 11.6 Å². The summed E-state index contributed by atoms with van der Waals surface area (Å²) >= 11 is 5.87. The number of aryl methyl sites for hydroxylation is 1. The molecule has 140 valence electrons. The SMILES string of the molecule is Cc1cccc(NC(=O)/C(N=Nc2ccc(Cl)cc2)=C(\O)c2ccccc2)c1. The number of azo groups is 1. The van der Waals surface area contributed by atoms with Crippen molar-refractivity contribution in [1.29, 1.82) is 0 Å². The van der Waals surface area contributed by atoms with Gasteiger partial charge in [-0.3, -0.25) is 4.79 Å². The molecule has 3 aromatic carbocycles. The number of anilines is 1. The summed E-state index contributed by atoms with van der Waals surface area (Å²) in [5, 5.41) is 22.0. The van der Waals surface area contributed by atoms with Crippen molar-refractivity contribution in [1.82, 2.24) is 0 Å². The van der Waals surface area contributed by atoms with Crippen LogP contribution in [0.3, 0.4) is 0 Å². The van der Waals surface area contributed by atoms with Crippen molar-refractivity contribution >= 4 is 34.6 Å². The first-order valence-corrected chi connectivity index (χ1v) is 8.95. The quantitative estimate of drug-likeness (QED) is 0.304. The number of hydrogen-bond acceptors (Lipinski definition) is 4. The van der Waals surface area contributed by atoms with Gasteiger partial charge in [0.1, 0.15) is 0 Å². The van der Waals surface area contributed by atoms with Crippen molar-refractivity contribution in [3.63, 3.8) is 0 Å². The fraction of sp³-hybridized carbons (Fsp3) is 0.0455. The predicted octanol–water partition coefficient (Wildman–Crippen LogP) is 6.30. The van der Waals surface area contributed by atoms with Crippen molar-refractivity contribution in [2.75, 3.05) is 5.32 Å². The van der Waals surface area contributed by atoms with E-state index in [4.69, 9.17) is 11.6 Å². The van der Waals surface area contributed by atoms with Crippen LogP contribution < -0.4 is 5.32 Å². The molecule has 0 unspecified atom stereocenters. The average Bonchev–Trinajstić information content (AvgIpc) is 2.70. The first-order chi connectivity index (χ1) is 13.5. The molecule has 0 spiro atoms. The summed E-state index contributed by atoms with van der Waals surface area (Å²) < 4.78 is 0. The molecule has 0 atom stereocenters. The Balaban J connectivity index is 1.96. The number of carbonyl (C=O) groups is 1. The monoisotopic (exact) mass is 391 g/mol. The normalized spacial score (nSPS) is 11.9. The number of amides is 1. The van der Waals surface area contributed by atoms with E-state index in [2.05, 4.69) is 15.5 Å². The number of aliphatic hydroxyl groups excluding tert-OH is 1. The van der Waals surface area contributed by atoms with Crippen molar-refractivity contribution in [3.8, 4) is 0 Å². The summed E-state index contributed by atoms with van der Waals surface area (Å²) in [6.07, 6.45) is 0. The number of halogens is 1. The molecule has 0 aromatic heterocycles. The fourth-order valence-electron chi connectivity index (χ4n) is 2.46. The smallest absolute Gasteiger partial charge is 0.280 e. The molecule has 0 aliphatic rings. The van der Waals surface area contributed by atoms with E-state index in [-0.39, 0.29) is 11.5 Å². The molecule has 2 N–H and O–H groups in total. The third-order valence-electron chi connectivity index (χ3n) is 3.85. The molecule has 0 aliphatic heterocycles. The molecule has 0 fully saturated rings. The van der Waals surface area contributed by atoms with Crippen LogP contribution in [0.25, 0.3) is 5.76 Å². The summed E-state index contributed by atoms with van der Waals surface area (Å²) in [5.74, 6) is -0.826. The number of nitrogens with one attached hydrogen (secondary N) is 1. The molecule has 0 saturated carbocycles. The molecule has 0 heterocycles. The van der Waals surface area contributed by atoms with Gasteiger partial charge in [0.25, 0.3) is 5.91 Å². The van der Waals surface area contributed by atoms with E-state index in [0.29, 0.717) is 22.0 Å². The van der Waals surface area contributed by atoms with Gasteiger partial charge in [-0.2, -0.15) is 5.11 Å². The second-order valence-corrected chi connectivity index (χ2v) is 6.50. The summed E-state index contributed by atoms with van der Waals surface area (Å²) in [5.41, 5.74) is 2.38. The summed E-state index contributed by atoms with van der Waals surface area (Å²) in [6.45, 7) is 1.92. The molecule has 5 nitrogen and oxygen atoms in total. The molecule has 1 amide bonds. The van der Waals surface area contributed by atoms with Gasteiger partial charge in [-0.1, -0.05) is 54.1 Å². The van der Waals surface area contributed by atoms with Gasteiger partial charge < -0.3 is 10.4 Å². The summed E-state index contributed by atoms with van der Waals surface area (Å²) in [4.78, 5) is 12.8. The van der Waals surface area contributed by atoms with Crippen molar-refractivity contribution in [2.24, 2.45) is 10.2 Å². The molecule has 3 aromatic rings. The van der Waals surface area contributed by atoms with Crippen LogP contribution in [0.15, 0.2) is 94.8 Å². The topological polar surface area (TPSA) is 74.0 Å². The van der Waals surface area contributed by atoms with Gasteiger partial charge >= 0.3 is 0 Å². The van der Waals surface area contributed by atoms with Crippen LogP contribution in [0, 0.1) is 6.92 Å². The van der Waals surface area contributed by atoms with Crippen LogP contribution in [-0.4, -0.2) is 11.0 Å². The van der Waals surface area contributed by atoms with Crippen LogP contribution in [0.1, 0.15) is 11.1 Å².